The number of thiocarbonyl (C=S) groups is 1. The first-order valence-corrected chi connectivity index (χ1v) is 8.48. The molecular formula is C18H23N5OS. The van der Waals surface area contributed by atoms with Crippen molar-refractivity contribution >= 4 is 28.8 Å². The van der Waals surface area contributed by atoms with Crippen LogP contribution in [0.1, 0.15) is 17.3 Å². The smallest absolute Gasteiger partial charge is 0.253 e. The van der Waals surface area contributed by atoms with Crippen LogP contribution in [-0.2, 0) is 0 Å². The van der Waals surface area contributed by atoms with Gasteiger partial charge < -0.3 is 20.4 Å². The molecule has 1 aromatic rings. The summed E-state index contributed by atoms with van der Waals surface area (Å²) in [6, 6.07) is 9.76. The molecule has 0 saturated carbocycles. The summed E-state index contributed by atoms with van der Waals surface area (Å²) in [6.07, 6.45) is 0. The van der Waals surface area contributed by atoms with Crippen LogP contribution in [0.25, 0.3) is 0 Å². The molecule has 0 atom stereocenters. The van der Waals surface area contributed by atoms with Crippen molar-refractivity contribution in [3.8, 4) is 6.07 Å². The van der Waals surface area contributed by atoms with Crippen LogP contribution in [0.2, 0.25) is 0 Å². The van der Waals surface area contributed by atoms with Crippen molar-refractivity contribution < 1.29 is 4.79 Å². The third-order valence-electron chi connectivity index (χ3n) is 4.36. The van der Waals surface area contributed by atoms with Gasteiger partial charge in [0, 0.05) is 57.2 Å². The van der Waals surface area contributed by atoms with Crippen molar-refractivity contribution in [3.05, 3.63) is 41.1 Å². The molecule has 0 radical (unpaired) electrons. The van der Waals surface area contributed by atoms with Crippen LogP contribution in [0.4, 0.5) is 5.69 Å². The van der Waals surface area contributed by atoms with Gasteiger partial charge in [-0.05, 0) is 31.2 Å². The summed E-state index contributed by atoms with van der Waals surface area (Å²) in [5.41, 5.74) is 8.61. The Balaban J connectivity index is 2.04. The number of allylic oxidation sites excluding steroid dienone is 1. The number of anilines is 1. The molecule has 25 heavy (non-hydrogen) atoms. The van der Waals surface area contributed by atoms with Crippen molar-refractivity contribution in [1.82, 2.24) is 9.80 Å². The normalized spacial score (nSPS) is 15.3. The fourth-order valence-electron chi connectivity index (χ4n) is 2.85. The minimum atomic E-state index is -0.00100. The molecule has 1 saturated heterocycles. The standard InChI is InChI=1S/C18H23N5OS/c1-13(16(12-19)17(20)25)22-8-10-23(11-9-22)15-6-4-14(5-7-15)18(24)21(2)3/h4-7H,8-11H2,1-3H3,(H2,20,25)/b16-13-. The lowest BCUT2D eigenvalue weighted by atomic mass is 10.1. The number of hydrogen-bond donors (Lipinski definition) is 1. The Morgan fingerprint density at radius 2 is 1.76 bits per heavy atom. The molecule has 132 valence electrons. The van der Waals surface area contributed by atoms with E-state index in [2.05, 4.69) is 15.9 Å². The summed E-state index contributed by atoms with van der Waals surface area (Å²) in [5, 5.41) is 9.19. The Hall–Kier alpha value is -2.59. The Bertz CT molecular complexity index is 725. The first-order valence-electron chi connectivity index (χ1n) is 8.07. The van der Waals surface area contributed by atoms with E-state index < -0.39 is 0 Å². The molecule has 7 heteroatoms. The third-order valence-corrected chi connectivity index (χ3v) is 4.56. The number of nitrogens with zero attached hydrogens (tertiary/aromatic N) is 4. The molecule has 2 rings (SSSR count). The molecule has 6 nitrogen and oxygen atoms in total. The number of rotatable bonds is 4. The Morgan fingerprint density at radius 1 is 1.20 bits per heavy atom. The van der Waals surface area contributed by atoms with Crippen molar-refractivity contribution in [1.29, 1.82) is 5.26 Å². The molecule has 1 aromatic carbocycles. The molecule has 0 aliphatic carbocycles. The molecule has 0 bridgehead atoms. The second-order valence-corrected chi connectivity index (χ2v) is 6.60. The third kappa shape index (κ3) is 4.28. The van der Waals surface area contributed by atoms with Gasteiger partial charge in [-0.15, -0.1) is 0 Å². The van der Waals surface area contributed by atoms with Crippen LogP contribution in [0.15, 0.2) is 35.5 Å². The number of hydrogen-bond acceptors (Lipinski definition) is 5. The number of nitriles is 1. The first-order chi connectivity index (χ1) is 11.8. The summed E-state index contributed by atoms with van der Waals surface area (Å²) in [4.78, 5) is 18.1. The lowest BCUT2D eigenvalue weighted by Crippen LogP contribution is -2.46. The minimum absolute atomic E-state index is 0.00100. The van der Waals surface area contributed by atoms with Crippen LogP contribution in [0, 0.1) is 11.3 Å². The van der Waals surface area contributed by atoms with Gasteiger partial charge in [0.1, 0.15) is 16.6 Å². The fraction of sp³-hybridized carbons (Fsp3) is 0.389. The van der Waals surface area contributed by atoms with Crippen molar-refractivity contribution in [2.75, 3.05) is 45.2 Å². The highest BCUT2D eigenvalue weighted by Crippen LogP contribution is 2.20. The predicted octanol–water partition coefficient (Wildman–Crippen LogP) is 1.59. The van der Waals surface area contributed by atoms with Gasteiger partial charge >= 0.3 is 0 Å². The zero-order valence-electron chi connectivity index (χ0n) is 14.8. The molecule has 1 amide bonds. The average molecular weight is 357 g/mol. The maximum atomic E-state index is 12.0. The lowest BCUT2D eigenvalue weighted by Gasteiger charge is -2.38. The SMILES string of the molecule is C/C(=C(\C#N)C(N)=S)N1CCN(c2ccc(C(=O)N(C)C)cc2)CC1. The first kappa shape index (κ1) is 18.7. The number of amides is 1. The van der Waals surface area contributed by atoms with Crippen LogP contribution in [-0.4, -0.2) is 61.0 Å². The van der Waals surface area contributed by atoms with Crippen LogP contribution in [0.3, 0.4) is 0 Å². The lowest BCUT2D eigenvalue weighted by molar-refractivity contribution is 0.0827. The monoisotopic (exact) mass is 357 g/mol. The predicted molar refractivity (Wildman–Crippen MR) is 103 cm³/mol. The van der Waals surface area contributed by atoms with Crippen molar-refractivity contribution in [3.63, 3.8) is 0 Å². The van der Waals surface area contributed by atoms with E-state index in [1.165, 1.54) is 0 Å². The molecule has 2 N–H and O–H groups in total. The Labute approximate surface area is 154 Å². The average Bonchev–Trinajstić information content (AvgIpc) is 2.61. The van der Waals surface area contributed by atoms with E-state index in [-0.39, 0.29) is 10.9 Å². The molecule has 0 unspecified atom stereocenters. The number of carbonyl (C=O) groups excluding carboxylic acids is 1. The molecule has 0 spiro atoms. The van der Waals surface area contributed by atoms with Gasteiger partial charge in [-0.1, -0.05) is 12.2 Å². The summed E-state index contributed by atoms with van der Waals surface area (Å²) in [5.74, 6) is -0.00100. The Kier molecular flexibility index (Phi) is 5.99. The van der Waals surface area contributed by atoms with Crippen LogP contribution < -0.4 is 10.6 Å². The van der Waals surface area contributed by atoms with Gasteiger partial charge in [0.2, 0.25) is 0 Å². The summed E-state index contributed by atoms with van der Waals surface area (Å²) < 4.78 is 0. The summed E-state index contributed by atoms with van der Waals surface area (Å²) in [6.45, 7) is 5.12. The fourth-order valence-corrected chi connectivity index (χ4v) is 3.04. The maximum absolute atomic E-state index is 12.0. The molecule has 1 aliphatic rings. The minimum Gasteiger partial charge on any atom is -0.389 e. The van der Waals surface area contributed by atoms with Gasteiger partial charge in [0.05, 0.1) is 0 Å². The number of benzene rings is 1. The number of piperazine rings is 1. The highest BCUT2D eigenvalue weighted by molar-refractivity contribution is 7.80. The van der Waals surface area contributed by atoms with Gasteiger partial charge in [0.15, 0.2) is 0 Å². The zero-order valence-corrected chi connectivity index (χ0v) is 15.6. The van der Waals surface area contributed by atoms with Crippen LogP contribution in [0.5, 0.6) is 0 Å². The van der Waals surface area contributed by atoms with E-state index in [4.69, 9.17) is 18.0 Å². The molecule has 0 aromatic heterocycles. The maximum Gasteiger partial charge on any atom is 0.253 e. The number of carbonyl (C=O) groups is 1. The second kappa shape index (κ2) is 7.99. The highest BCUT2D eigenvalue weighted by atomic mass is 32.1. The quantitative estimate of drug-likeness (QED) is 0.501. The second-order valence-electron chi connectivity index (χ2n) is 6.16. The van der Waals surface area contributed by atoms with E-state index in [1.54, 1.807) is 19.0 Å². The molecule has 1 fully saturated rings. The van der Waals surface area contributed by atoms with Gasteiger partial charge in [-0.3, -0.25) is 4.79 Å². The van der Waals surface area contributed by atoms with Crippen molar-refractivity contribution in [2.24, 2.45) is 5.73 Å². The summed E-state index contributed by atoms with van der Waals surface area (Å²) in [7, 11) is 3.49. The number of nitrogens with two attached hydrogens (primary N) is 1. The zero-order chi connectivity index (χ0) is 18.6. The highest BCUT2D eigenvalue weighted by Gasteiger charge is 2.20. The van der Waals surface area contributed by atoms with Gasteiger partial charge in [-0.2, -0.15) is 5.26 Å². The Morgan fingerprint density at radius 3 is 2.20 bits per heavy atom. The molecule has 1 aliphatic heterocycles. The molecule has 1 heterocycles. The largest absolute Gasteiger partial charge is 0.389 e. The van der Waals surface area contributed by atoms with E-state index in [1.807, 2.05) is 31.2 Å². The van der Waals surface area contributed by atoms with E-state index in [0.29, 0.717) is 11.1 Å². The topological polar surface area (TPSA) is 76.6 Å². The van der Waals surface area contributed by atoms with E-state index in [0.717, 1.165) is 37.6 Å². The van der Waals surface area contributed by atoms with Crippen LogP contribution >= 0.6 is 12.2 Å². The molecular weight excluding hydrogens is 334 g/mol. The van der Waals surface area contributed by atoms with E-state index >= 15 is 0 Å². The van der Waals surface area contributed by atoms with Crippen molar-refractivity contribution in [2.45, 2.75) is 6.92 Å². The van der Waals surface area contributed by atoms with Gasteiger partial charge in [0.25, 0.3) is 5.91 Å². The van der Waals surface area contributed by atoms with Gasteiger partial charge in [-0.25, -0.2) is 0 Å². The summed E-state index contributed by atoms with van der Waals surface area (Å²) >= 11 is 4.94. The van der Waals surface area contributed by atoms with E-state index in [9.17, 15) is 10.1 Å².